The summed E-state index contributed by atoms with van der Waals surface area (Å²) in [7, 11) is 0. The van der Waals surface area contributed by atoms with Gasteiger partial charge in [-0.25, -0.2) is 0 Å². The van der Waals surface area contributed by atoms with Crippen molar-refractivity contribution in [1.82, 2.24) is 0 Å². The van der Waals surface area contributed by atoms with Crippen molar-refractivity contribution < 1.29 is 0 Å². The Labute approximate surface area is 370 Å². The lowest BCUT2D eigenvalue weighted by Gasteiger charge is -2.29. The average Bonchev–Trinajstić information content (AvgIpc) is 3.57. The first-order chi connectivity index (χ1) is 31.0. The van der Waals surface area contributed by atoms with E-state index in [1.165, 1.54) is 77.5 Å². The van der Waals surface area contributed by atoms with Gasteiger partial charge in [0.1, 0.15) is 0 Å². The molecule has 2 heteroatoms. The highest BCUT2D eigenvalue weighted by Crippen LogP contribution is 2.52. The van der Waals surface area contributed by atoms with E-state index in [9.17, 15) is 0 Å². The van der Waals surface area contributed by atoms with Gasteiger partial charge in [-0.1, -0.05) is 184 Å². The van der Waals surface area contributed by atoms with Gasteiger partial charge in [0.05, 0.1) is 5.69 Å². The van der Waals surface area contributed by atoms with Crippen molar-refractivity contribution in [2.24, 2.45) is 0 Å². The lowest BCUT2D eigenvalue weighted by molar-refractivity contribution is 0.660. The molecule has 0 fully saturated rings. The van der Waals surface area contributed by atoms with Gasteiger partial charge < -0.3 is 10.2 Å². The van der Waals surface area contributed by atoms with E-state index in [2.05, 4.69) is 261 Å². The Kier molecular flexibility index (Phi) is 9.55. The molecule has 0 aliphatic heterocycles. The molecule has 0 amide bonds. The highest BCUT2D eigenvalue weighted by Gasteiger charge is 2.36. The second-order valence-corrected chi connectivity index (χ2v) is 17.1. The maximum absolute atomic E-state index is 3.72. The van der Waals surface area contributed by atoms with E-state index in [1.54, 1.807) is 0 Å². The molecule has 1 aliphatic rings. The van der Waals surface area contributed by atoms with Crippen LogP contribution < -0.4 is 10.2 Å². The molecule has 63 heavy (non-hydrogen) atoms. The third kappa shape index (κ3) is 7.16. The SMILES string of the molecule is CC1(C)c2cc(Nc3ccc(-c4cccc(-c5ccccc5)c4)cc3)ccc2-c2ccc(N(c3ccc(-c4cccc(-c5ccccc5)c4)cc3)c3cccc4ccccc34)cc21. The number of rotatable bonds is 9. The second-order valence-electron chi connectivity index (χ2n) is 17.1. The van der Waals surface area contributed by atoms with Gasteiger partial charge in [-0.15, -0.1) is 0 Å². The summed E-state index contributed by atoms with van der Waals surface area (Å²) in [5, 5.41) is 6.16. The molecule has 2 nitrogen and oxygen atoms in total. The van der Waals surface area contributed by atoms with Crippen LogP contribution in [0, 0.1) is 0 Å². The molecule has 300 valence electrons. The van der Waals surface area contributed by atoms with Crippen molar-refractivity contribution in [3.63, 3.8) is 0 Å². The molecule has 10 aromatic rings. The van der Waals surface area contributed by atoms with Crippen LogP contribution in [0.15, 0.2) is 237 Å². The first kappa shape index (κ1) is 38.0. The van der Waals surface area contributed by atoms with Crippen LogP contribution in [0.1, 0.15) is 25.0 Å². The fraction of sp³-hybridized carbons (Fsp3) is 0.0492. The topological polar surface area (TPSA) is 15.3 Å². The molecule has 0 bridgehead atoms. The minimum absolute atomic E-state index is 0.218. The summed E-state index contributed by atoms with van der Waals surface area (Å²) in [6, 6.07) is 85.8. The minimum Gasteiger partial charge on any atom is -0.356 e. The molecule has 10 aromatic carbocycles. The standard InChI is InChI=1S/C61H46N2/c1-61(2)58-40-52(62-51-30-26-44(27-31-51)49-22-11-20-47(38-49)42-14-5-3-6-15-42)32-36-56(58)57-37-35-54(41-59(57)61)63(60-25-13-19-46-18-9-10-24-55(46)60)53-33-28-45(29-34-53)50-23-12-21-48(39-50)43-16-7-4-8-17-43/h3-41,62H,1-2H3. The lowest BCUT2D eigenvalue weighted by atomic mass is 9.82. The summed E-state index contributed by atoms with van der Waals surface area (Å²) in [6.45, 7) is 4.73. The molecule has 1 aliphatic carbocycles. The van der Waals surface area contributed by atoms with Gasteiger partial charge in [0, 0.05) is 33.6 Å². The summed E-state index contributed by atoms with van der Waals surface area (Å²) < 4.78 is 0. The molecule has 0 atom stereocenters. The monoisotopic (exact) mass is 806 g/mol. The lowest BCUT2D eigenvalue weighted by Crippen LogP contribution is -2.17. The third-order valence-electron chi connectivity index (χ3n) is 12.8. The molecular weight excluding hydrogens is 761 g/mol. The fourth-order valence-electron chi connectivity index (χ4n) is 9.51. The molecule has 0 saturated heterocycles. The number of benzene rings is 10. The predicted octanol–water partition coefficient (Wildman–Crippen LogP) is 17.0. The summed E-state index contributed by atoms with van der Waals surface area (Å²) in [5.74, 6) is 0. The Balaban J connectivity index is 0.903. The number of nitrogens with zero attached hydrogens (tertiary/aromatic N) is 1. The number of nitrogens with one attached hydrogen (secondary N) is 1. The van der Waals surface area contributed by atoms with Crippen LogP contribution in [0.5, 0.6) is 0 Å². The predicted molar refractivity (Wildman–Crippen MR) is 268 cm³/mol. The number of anilines is 5. The van der Waals surface area contributed by atoms with Crippen molar-refractivity contribution >= 4 is 39.2 Å². The molecule has 0 spiro atoms. The van der Waals surface area contributed by atoms with Crippen LogP contribution in [0.3, 0.4) is 0 Å². The Morgan fingerprint density at radius 3 is 1.40 bits per heavy atom. The zero-order chi connectivity index (χ0) is 42.3. The van der Waals surface area contributed by atoms with Gasteiger partial charge in [-0.05, 0) is 139 Å². The Morgan fingerprint density at radius 2 is 0.778 bits per heavy atom. The van der Waals surface area contributed by atoms with Crippen molar-refractivity contribution in [3.8, 4) is 55.6 Å². The van der Waals surface area contributed by atoms with Gasteiger partial charge in [0.2, 0.25) is 0 Å². The molecule has 0 aromatic heterocycles. The molecular formula is C61H46N2. The summed E-state index contributed by atoms with van der Waals surface area (Å²) in [5.41, 5.74) is 20.3. The van der Waals surface area contributed by atoms with E-state index in [0.717, 1.165) is 28.4 Å². The highest BCUT2D eigenvalue weighted by atomic mass is 15.1. The van der Waals surface area contributed by atoms with Gasteiger partial charge >= 0.3 is 0 Å². The number of fused-ring (bicyclic) bond motifs is 4. The maximum Gasteiger partial charge on any atom is 0.0540 e. The van der Waals surface area contributed by atoms with Gasteiger partial charge in [-0.3, -0.25) is 0 Å². The van der Waals surface area contributed by atoms with Crippen molar-refractivity contribution in [2.45, 2.75) is 19.3 Å². The largest absolute Gasteiger partial charge is 0.356 e. The van der Waals surface area contributed by atoms with Crippen molar-refractivity contribution in [2.75, 3.05) is 10.2 Å². The van der Waals surface area contributed by atoms with E-state index in [0.29, 0.717) is 0 Å². The fourth-order valence-corrected chi connectivity index (χ4v) is 9.51. The van der Waals surface area contributed by atoms with Gasteiger partial charge in [-0.2, -0.15) is 0 Å². The Bertz CT molecular complexity index is 3250. The van der Waals surface area contributed by atoms with Crippen molar-refractivity contribution in [1.29, 1.82) is 0 Å². The molecule has 0 saturated carbocycles. The summed E-state index contributed by atoms with van der Waals surface area (Å²) in [6.07, 6.45) is 0. The second kappa shape index (κ2) is 15.8. The van der Waals surface area contributed by atoms with E-state index in [-0.39, 0.29) is 5.41 Å². The zero-order valence-corrected chi connectivity index (χ0v) is 35.5. The van der Waals surface area contributed by atoms with Crippen LogP contribution in [-0.2, 0) is 5.41 Å². The number of hydrogen-bond acceptors (Lipinski definition) is 2. The Morgan fingerprint density at radius 1 is 0.333 bits per heavy atom. The average molecular weight is 807 g/mol. The van der Waals surface area contributed by atoms with Gasteiger partial charge in [0.25, 0.3) is 0 Å². The summed E-state index contributed by atoms with van der Waals surface area (Å²) >= 11 is 0. The molecule has 1 N–H and O–H groups in total. The van der Waals surface area contributed by atoms with Crippen molar-refractivity contribution in [3.05, 3.63) is 248 Å². The Hall–Kier alpha value is -7.94. The first-order valence-corrected chi connectivity index (χ1v) is 21.8. The minimum atomic E-state index is -0.218. The normalized spacial score (nSPS) is 12.4. The number of hydrogen-bond donors (Lipinski definition) is 1. The molecule has 0 radical (unpaired) electrons. The molecule has 11 rings (SSSR count). The smallest absolute Gasteiger partial charge is 0.0540 e. The van der Waals surface area contributed by atoms with Crippen LogP contribution in [0.4, 0.5) is 28.4 Å². The van der Waals surface area contributed by atoms with E-state index in [4.69, 9.17) is 0 Å². The molecule has 0 unspecified atom stereocenters. The van der Waals surface area contributed by atoms with Gasteiger partial charge in [0.15, 0.2) is 0 Å². The van der Waals surface area contributed by atoms with Crippen LogP contribution in [0.2, 0.25) is 0 Å². The van der Waals surface area contributed by atoms with Crippen LogP contribution in [-0.4, -0.2) is 0 Å². The highest BCUT2D eigenvalue weighted by molar-refractivity contribution is 5.99. The third-order valence-corrected chi connectivity index (χ3v) is 12.8. The van der Waals surface area contributed by atoms with Crippen LogP contribution in [0.25, 0.3) is 66.4 Å². The quantitative estimate of drug-likeness (QED) is 0.156. The first-order valence-electron chi connectivity index (χ1n) is 21.8. The van der Waals surface area contributed by atoms with E-state index < -0.39 is 0 Å². The summed E-state index contributed by atoms with van der Waals surface area (Å²) in [4.78, 5) is 2.43. The molecule has 0 heterocycles. The zero-order valence-electron chi connectivity index (χ0n) is 35.5. The van der Waals surface area contributed by atoms with E-state index >= 15 is 0 Å². The van der Waals surface area contributed by atoms with Crippen LogP contribution >= 0.6 is 0 Å². The van der Waals surface area contributed by atoms with E-state index in [1.807, 2.05) is 0 Å². The maximum atomic E-state index is 3.72.